The van der Waals surface area contributed by atoms with Gasteiger partial charge in [0.25, 0.3) is 0 Å². The molecule has 0 spiro atoms. The molecule has 218 valence electrons. The highest BCUT2D eigenvalue weighted by molar-refractivity contribution is 5.90. The number of likely N-dealkylation sites (tertiary alicyclic amines) is 1. The van der Waals surface area contributed by atoms with Crippen LogP contribution in [0.1, 0.15) is 46.6 Å². The van der Waals surface area contributed by atoms with Crippen molar-refractivity contribution in [2.24, 2.45) is 5.41 Å². The van der Waals surface area contributed by atoms with E-state index in [1.807, 2.05) is 54.6 Å². The van der Waals surface area contributed by atoms with Crippen molar-refractivity contribution in [3.8, 4) is 11.1 Å². The summed E-state index contributed by atoms with van der Waals surface area (Å²) in [7, 11) is 1.42. The van der Waals surface area contributed by atoms with Gasteiger partial charge in [0, 0.05) is 13.5 Å². The number of hydrogen-bond donors (Lipinski definition) is 2. The zero-order chi connectivity index (χ0) is 30.1. The molecule has 0 bridgehead atoms. The fourth-order valence-corrected chi connectivity index (χ4v) is 4.65. The van der Waals surface area contributed by atoms with E-state index in [1.165, 1.54) is 7.11 Å². The van der Waals surface area contributed by atoms with E-state index in [0.29, 0.717) is 19.4 Å². The molecule has 2 amide bonds. The third-order valence-corrected chi connectivity index (χ3v) is 7.21. The van der Waals surface area contributed by atoms with Gasteiger partial charge in [0.1, 0.15) is 17.7 Å². The Labute approximate surface area is 231 Å². The SMILES string of the molecule is CO[C@@]1(c2ccc(-c3ccccc3)cc2)C[C@@H](C(=O)O)N(C(=O)C(NC(=O)OC(C)(C)C(F)(F)F)C(C)(C)C)C1. The molecule has 0 aliphatic carbocycles. The topological polar surface area (TPSA) is 105 Å². The largest absolute Gasteiger partial charge is 0.480 e. The molecule has 1 aliphatic heterocycles. The van der Waals surface area contributed by atoms with Crippen LogP contribution in [0, 0.1) is 5.41 Å². The van der Waals surface area contributed by atoms with Crippen molar-refractivity contribution in [2.75, 3.05) is 13.7 Å². The van der Waals surface area contributed by atoms with Crippen LogP contribution in [-0.4, -0.2) is 65.5 Å². The van der Waals surface area contributed by atoms with Crippen LogP contribution in [0.25, 0.3) is 11.1 Å². The number of alkyl halides is 3. The standard InChI is InChI=1S/C29H35F3N2O6/c1-26(2,3)22(33-25(38)40-27(4,5)29(30,31)32)23(35)34-17-28(39-6,16-21(34)24(36)37)20-14-12-19(13-15-20)18-10-8-7-9-11-18/h7-15,21-22H,16-17H2,1-6H3,(H,33,38)(H,36,37)/t21-,22?,28-/m0/s1. The lowest BCUT2D eigenvalue weighted by Gasteiger charge is -2.36. The first-order valence-electron chi connectivity index (χ1n) is 12.7. The van der Waals surface area contributed by atoms with E-state index < -0.39 is 52.8 Å². The van der Waals surface area contributed by atoms with E-state index in [0.717, 1.165) is 16.0 Å². The van der Waals surface area contributed by atoms with Gasteiger partial charge in [-0.3, -0.25) is 4.79 Å². The zero-order valence-electron chi connectivity index (χ0n) is 23.3. The summed E-state index contributed by atoms with van der Waals surface area (Å²) in [6, 6.07) is 14.3. The molecule has 1 heterocycles. The molecule has 1 aliphatic rings. The molecule has 2 aromatic carbocycles. The summed E-state index contributed by atoms with van der Waals surface area (Å²) in [4.78, 5) is 39.7. The molecule has 1 saturated heterocycles. The Kier molecular flexibility index (Phi) is 8.59. The maximum atomic E-state index is 13.8. The summed E-state index contributed by atoms with van der Waals surface area (Å²) in [5.74, 6) is -2.05. The van der Waals surface area contributed by atoms with Crippen molar-refractivity contribution in [1.29, 1.82) is 0 Å². The molecule has 11 heteroatoms. The molecule has 2 N–H and O–H groups in total. The quantitative estimate of drug-likeness (QED) is 0.469. The number of nitrogens with zero attached hydrogens (tertiary/aromatic N) is 1. The second kappa shape index (κ2) is 11.1. The van der Waals surface area contributed by atoms with Crippen LogP contribution in [-0.2, 0) is 24.7 Å². The van der Waals surface area contributed by atoms with E-state index in [-0.39, 0.29) is 13.0 Å². The van der Waals surface area contributed by atoms with Gasteiger partial charge in [0.05, 0.1) is 6.54 Å². The summed E-state index contributed by atoms with van der Waals surface area (Å²) in [5, 5.41) is 12.3. The van der Waals surface area contributed by atoms with E-state index in [1.54, 1.807) is 20.8 Å². The molecule has 1 unspecified atom stereocenters. The smallest absolute Gasteiger partial charge is 0.427 e. The number of carbonyl (C=O) groups is 3. The number of amides is 2. The van der Waals surface area contributed by atoms with Crippen LogP contribution < -0.4 is 5.32 Å². The number of methoxy groups -OCH3 is 1. The average molecular weight is 565 g/mol. The monoisotopic (exact) mass is 564 g/mol. The molecule has 40 heavy (non-hydrogen) atoms. The van der Waals surface area contributed by atoms with Gasteiger partial charge in [0.2, 0.25) is 11.5 Å². The van der Waals surface area contributed by atoms with Crippen molar-refractivity contribution < 1.29 is 42.1 Å². The Balaban J connectivity index is 1.91. The third kappa shape index (κ3) is 6.41. The lowest BCUT2D eigenvalue weighted by molar-refractivity contribution is -0.244. The average Bonchev–Trinajstić information content (AvgIpc) is 3.28. The molecular formula is C29H35F3N2O6. The lowest BCUT2D eigenvalue weighted by atomic mass is 9.85. The van der Waals surface area contributed by atoms with Gasteiger partial charge in [0.15, 0.2) is 0 Å². The minimum atomic E-state index is -4.84. The minimum absolute atomic E-state index is 0.0718. The highest BCUT2D eigenvalue weighted by Gasteiger charge is 2.54. The number of carbonyl (C=O) groups excluding carboxylic acids is 2. The van der Waals surface area contributed by atoms with Crippen molar-refractivity contribution in [2.45, 2.75) is 70.5 Å². The lowest BCUT2D eigenvalue weighted by Crippen LogP contribution is -2.58. The maximum Gasteiger partial charge on any atom is 0.427 e. The number of benzene rings is 2. The van der Waals surface area contributed by atoms with E-state index in [2.05, 4.69) is 10.1 Å². The first kappa shape index (κ1) is 30.9. The predicted molar refractivity (Wildman–Crippen MR) is 141 cm³/mol. The van der Waals surface area contributed by atoms with Crippen LogP contribution in [0.15, 0.2) is 54.6 Å². The van der Waals surface area contributed by atoms with E-state index in [4.69, 9.17) is 4.74 Å². The minimum Gasteiger partial charge on any atom is -0.480 e. The molecule has 8 nitrogen and oxygen atoms in total. The number of aliphatic carboxylic acids is 1. The number of alkyl carbamates (subject to hydrolysis) is 1. The van der Waals surface area contributed by atoms with Gasteiger partial charge in [-0.15, -0.1) is 0 Å². The highest BCUT2D eigenvalue weighted by Crippen LogP contribution is 2.41. The molecule has 1 fully saturated rings. The van der Waals surface area contributed by atoms with Gasteiger partial charge in [-0.1, -0.05) is 75.4 Å². The highest BCUT2D eigenvalue weighted by atomic mass is 19.4. The van der Waals surface area contributed by atoms with E-state index in [9.17, 15) is 32.7 Å². The Morgan fingerprint density at radius 3 is 2.00 bits per heavy atom. The number of carboxylic acid groups (broad SMARTS) is 1. The molecular weight excluding hydrogens is 529 g/mol. The van der Waals surface area contributed by atoms with Gasteiger partial charge in [-0.25, -0.2) is 9.59 Å². The summed E-state index contributed by atoms with van der Waals surface area (Å²) in [6.45, 7) is 6.03. The van der Waals surface area contributed by atoms with Gasteiger partial charge >= 0.3 is 18.2 Å². The van der Waals surface area contributed by atoms with Gasteiger partial charge < -0.3 is 24.8 Å². The molecule has 3 atom stereocenters. The number of carboxylic acids is 1. The van der Waals surface area contributed by atoms with Crippen LogP contribution in [0.4, 0.5) is 18.0 Å². The first-order chi connectivity index (χ1) is 18.4. The fourth-order valence-electron chi connectivity index (χ4n) is 4.65. The van der Waals surface area contributed by atoms with Crippen molar-refractivity contribution in [1.82, 2.24) is 10.2 Å². The number of ether oxygens (including phenoxy) is 2. The summed E-state index contributed by atoms with van der Waals surface area (Å²) in [5.41, 5.74) is -2.40. The Morgan fingerprint density at radius 1 is 0.975 bits per heavy atom. The summed E-state index contributed by atoms with van der Waals surface area (Å²) in [6.07, 6.45) is -6.36. The van der Waals surface area contributed by atoms with Crippen molar-refractivity contribution in [3.63, 3.8) is 0 Å². The molecule has 0 aromatic heterocycles. The van der Waals surface area contributed by atoms with Crippen LogP contribution in [0.3, 0.4) is 0 Å². The van der Waals surface area contributed by atoms with Gasteiger partial charge in [-0.05, 0) is 36.0 Å². The van der Waals surface area contributed by atoms with Gasteiger partial charge in [-0.2, -0.15) is 13.2 Å². The van der Waals surface area contributed by atoms with Crippen molar-refractivity contribution in [3.05, 3.63) is 60.2 Å². The predicted octanol–water partition coefficient (Wildman–Crippen LogP) is 5.36. The molecule has 2 aromatic rings. The first-order valence-corrected chi connectivity index (χ1v) is 12.7. The number of halogens is 3. The molecule has 0 saturated carbocycles. The second-order valence-electron chi connectivity index (χ2n) is 11.5. The van der Waals surface area contributed by atoms with Crippen LogP contribution in [0.5, 0.6) is 0 Å². The molecule has 3 rings (SSSR count). The zero-order valence-corrected chi connectivity index (χ0v) is 23.3. The Morgan fingerprint density at radius 2 is 1.52 bits per heavy atom. The number of nitrogens with one attached hydrogen (secondary N) is 1. The summed E-state index contributed by atoms with van der Waals surface area (Å²) < 4.78 is 50.2. The Hall–Kier alpha value is -3.60. The number of hydrogen-bond acceptors (Lipinski definition) is 5. The van der Waals surface area contributed by atoms with Crippen LogP contribution >= 0.6 is 0 Å². The maximum absolute atomic E-state index is 13.8. The van der Waals surface area contributed by atoms with E-state index >= 15 is 0 Å². The summed E-state index contributed by atoms with van der Waals surface area (Å²) >= 11 is 0. The Bertz CT molecular complexity index is 1230. The van der Waals surface area contributed by atoms with Crippen molar-refractivity contribution >= 4 is 18.0 Å². The number of rotatable bonds is 7. The third-order valence-electron chi connectivity index (χ3n) is 7.21. The van der Waals surface area contributed by atoms with Crippen LogP contribution in [0.2, 0.25) is 0 Å². The normalized spacial score (nSPS) is 20.6. The molecule has 0 radical (unpaired) electrons. The fraction of sp³-hybridized carbons (Fsp3) is 0.483. The second-order valence-corrected chi connectivity index (χ2v) is 11.5.